The molecule has 0 bridgehead atoms. The Morgan fingerprint density at radius 1 is 1.25 bits per heavy atom. The van der Waals surface area contributed by atoms with Crippen LogP contribution in [0.4, 0.5) is 0 Å². The van der Waals surface area contributed by atoms with Crippen molar-refractivity contribution < 1.29 is 9.59 Å². The number of H-pyrrole nitrogens is 1. The fraction of sp³-hybridized carbons (Fsp3) is 0.500. The van der Waals surface area contributed by atoms with Crippen molar-refractivity contribution in [1.29, 1.82) is 0 Å². The Hall–Kier alpha value is -2.63. The number of aryl methyl sites for hydroxylation is 1. The van der Waals surface area contributed by atoms with E-state index in [1.54, 1.807) is 6.20 Å². The Morgan fingerprint density at radius 2 is 2.14 bits per heavy atom. The van der Waals surface area contributed by atoms with Crippen molar-refractivity contribution in [2.45, 2.75) is 39.0 Å². The van der Waals surface area contributed by atoms with Crippen LogP contribution in [0.5, 0.6) is 0 Å². The lowest BCUT2D eigenvalue weighted by atomic mass is 9.73. The number of hydrogen-bond acceptors (Lipinski definition) is 3. The maximum absolute atomic E-state index is 13.0. The van der Waals surface area contributed by atoms with Crippen LogP contribution in [-0.4, -0.2) is 57.8 Å². The summed E-state index contributed by atoms with van der Waals surface area (Å²) < 4.78 is 0. The van der Waals surface area contributed by atoms with Crippen LogP contribution in [0, 0.1) is 12.3 Å². The molecule has 1 N–H and O–H groups in total. The predicted molar refractivity (Wildman–Crippen MR) is 107 cm³/mol. The maximum atomic E-state index is 13.0. The van der Waals surface area contributed by atoms with Gasteiger partial charge in [0.05, 0.1) is 5.56 Å². The van der Waals surface area contributed by atoms with Gasteiger partial charge in [0.1, 0.15) is 0 Å². The summed E-state index contributed by atoms with van der Waals surface area (Å²) in [6.45, 7) is 4.92. The van der Waals surface area contributed by atoms with E-state index in [4.69, 9.17) is 0 Å². The number of pyridine rings is 1. The molecule has 28 heavy (non-hydrogen) atoms. The zero-order valence-corrected chi connectivity index (χ0v) is 16.5. The number of carbonyl (C=O) groups excluding carboxylic acids is 2. The highest BCUT2D eigenvalue weighted by molar-refractivity contribution is 5.95. The fourth-order valence-electron chi connectivity index (χ4n) is 4.67. The van der Waals surface area contributed by atoms with Gasteiger partial charge in [-0.1, -0.05) is 6.07 Å². The summed E-state index contributed by atoms with van der Waals surface area (Å²) in [4.78, 5) is 36.9. The molecule has 0 aromatic carbocycles. The van der Waals surface area contributed by atoms with Gasteiger partial charge in [-0.25, -0.2) is 0 Å². The minimum atomic E-state index is 0.0240. The molecule has 0 aliphatic carbocycles. The number of aromatic amines is 1. The van der Waals surface area contributed by atoms with Gasteiger partial charge in [-0.3, -0.25) is 14.6 Å². The van der Waals surface area contributed by atoms with E-state index in [0.29, 0.717) is 13.0 Å². The SMILES string of the molecule is Cc1[nH]ccc1C(=O)N1CCCC2(CCC(=O)N(CCc3ccccn3)C2)C1. The second-order valence-corrected chi connectivity index (χ2v) is 8.23. The van der Waals surface area contributed by atoms with E-state index in [1.165, 1.54) is 0 Å². The van der Waals surface area contributed by atoms with Gasteiger partial charge in [-0.05, 0) is 44.4 Å². The van der Waals surface area contributed by atoms with Crippen molar-refractivity contribution in [3.63, 3.8) is 0 Å². The third-order valence-electron chi connectivity index (χ3n) is 6.25. The molecule has 2 aromatic rings. The van der Waals surface area contributed by atoms with Crippen molar-refractivity contribution in [3.8, 4) is 0 Å². The summed E-state index contributed by atoms with van der Waals surface area (Å²) in [5.41, 5.74) is 2.71. The molecule has 1 unspecified atom stereocenters. The average Bonchev–Trinajstić information content (AvgIpc) is 3.15. The molecule has 2 amide bonds. The molecule has 1 spiro atoms. The highest BCUT2D eigenvalue weighted by Gasteiger charge is 2.42. The molecule has 2 fully saturated rings. The van der Waals surface area contributed by atoms with E-state index >= 15 is 0 Å². The first-order valence-electron chi connectivity index (χ1n) is 10.2. The van der Waals surface area contributed by atoms with Crippen LogP contribution in [0.2, 0.25) is 0 Å². The molecular weight excluding hydrogens is 352 g/mol. The number of hydrogen-bond donors (Lipinski definition) is 1. The molecule has 2 saturated heterocycles. The summed E-state index contributed by atoms with van der Waals surface area (Å²) in [7, 11) is 0. The molecule has 148 valence electrons. The smallest absolute Gasteiger partial charge is 0.255 e. The minimum absolute atomic E-state index is 0.0240. The largest absolute Gasteiger partial charge is 0.365 e. The zero-order valence-electron chi connectivity index (χ0n) is 16.5. The number of carbonyl (C=O) groups is 2. The monoisotopic (exact) mass is 380 g/mol. The molecule has 1 atom stereocenters. The van der Waals surface area contributed by atoms with E-state index in [2.05, 4.69) is 9.97 Å². The van der Waals surface area contributed by atoms with Gasteiger partial charge in [-0.15, -0.1) is 0 Å². The molecule has 6 nitrogen and oxygen atoms in total. The van der Waals surface area contributed by atoms with Crippen LogP contribution in [0.15, 0.2) is 36.7 Å². The molecule has 6 heteroatoms. The Balaban J connectivity index is 1.43. The first-order valence-corrected chi connectivity index (χ1v) is 10.2. The summed E-state index contributed by atoms with van der Waals surface area (Å²) >= 11 is 0. The van der Waals surface area contributed by atoms with Crippen LogP contribution in [0.1, 0.15) is 47.4 Å². The van der Waals surface area contributed by atoms with Gasteiger partial charge in [0, 0.05) is 68.2 Å². The van der Waals surface area contributed by atoms with E-state index < -0.39 is 0 Å². The van der Waals surface area contributed by atoms with Crippen LogP contribution in [0.3, 0.4) is 0 Å². The topological polar surface area (TPSA) is 69.3 Å². The van der Waals surface area contributed by atoms with Gasteiger partial charge in [0.15, 0.2) is 0 Å². The van der Waals surface area contributed by atoms with Crippen molar-refractivity contribution in [1.82, 2.24) is 19.8 Å². The third kappa shape index (κ3) is 3.81. The van der Waals surface area contributed by atoms with E-state index in [-0.39, 0.29) is 17.2 Å². The van der Waals surface area contributed by atoms with Gasteiger partial charge in [-0.2, -0.15) is 0 Å². The Morgan fingerprint density at radius 3 is 2.89 bits per heavy atom. The maximum Gasteiger partial charge on any atom is 0.255 e. The highest BCUT2D eigenvalue weighted by Crippen LogP contribution is 2.39. The fourth-order valence-corrected chi connectivity index (χ4v) is 4.67. The normalized spacial score (nSPS) is 22.7. The Kier molecular flexibility index (Phi) is 5.20. The molecule has 2 aliphatic rings. The molecular formula is C22H28N4O2. The van der Waals surface area contributed by atoms with Gasteiger partial charge in [0.2, 0.25) is 5.91 Å². The van der Waals surface area contributed by atoms with Crippen LogP contribution >= 0.6 is 0 Å². The summed E-state index contributed by atoms with van der Waals surface area (Å²) in [5.74, 6) is 0.334. The van der Waals surface area contributed by atoms with Gasteiger partial charge >= 0.3 is 0 Å². The molecule has 0 saturated carbocycles. The van der Waals surface area contributed by atoms with Crippen molar-refractivity contribution in [2.75, 3.05) is 26.2 Å². The Labute approximate surface area is 165 Å². The summed E-state index contributed by atoms with van der Waals surface area (Å²) in [6, 6.07) is 7.76. The average molecular weight is 380 g/mol. The van der Waals surface area contributed by atoms with Crippen LogP contribution in [-0.2, 0) is 11.2 Å². The third-order valence-corrected chi connectivity index (χ3v) is 6.25. The first kappa shape index (κ1) is 18.7. The van der Waals surface area contributed by atoms with E-state index in [1.807, 2.05) is 47.2 Å². The molecule has 4 rings (SSSR count). The quantitative estimate of drug-likeness (QED) is 0.887. The first-order chi connectivity index (χ1) is 13.6. The number of piperidine rings is 2. The lowest BCUT2D eigenvalue weighted by Crippen LogP contribution is -2.55. The number of likely N-dealkylation sites (tertiary alicyclic amines) is 2. The lowest BCUT2D eigenvalue weighted by molar-refractivity contribution is -0.138. The van der Waals surface area contributed by atoms with Crippen LogP contribution in [0.25, 0.3) is 0 Å². The van der Waals surface area contributed by atoms with E-state index in [9.17, 15) is 9.59 Å². The number of amides is 2. The molecule has 0 radical (unpaired) electrons. The lowest BCUT2D eigenvalue weighted by Gasteiger charge is -2.48. The second-order valence-electron chi connectivity index (χ2n) is 8.23. The number of rotatable bonds is 4. The van der Waals surface area contributed by atoms with Crippen LogP contribution < -0.4 is 0 Å². The minimum Gasteiger partial charge on any atom is -0.365 e. The molecule has 4 heterocycles. The van der Waals surface area contributed by atoms with Crippen molar-refractivity contribution in [3.05, 3.63) is 53.6 Å². The second kappa shape index (κ2) is 7.78. The number of aromatic nitrogens is 2. The summed E-state index contributed by atoms with van der Waals surface area (Å²) in [5, 5.41) is 0. The summed E-state index contributed by atoms with van der Waals surface area (Å²) in [6.07, 6.45) is 7.92. The number of nitrogens with one attached hydrogen (secondary N) is 1. The Bertz CT molecular complexity index is 847. The zero-order chi connectivity index (χ0) is 19.6. The highest BCUT2D eigenvalue weighted by atomic mass is 16.2. The molecule has 2 aromatic heterocycles. The van der Waals surface area contributed by atoms with E-state index in [0.717, 1.165) is 62.3 Å². The number of nitrogens with zero attached hydrogens (tertiary/aromatic N) is 3. The van der Waals surface area contributed by atoms with Gasteiger partial charge < -0.3 is 14.8 Å². The van der Waals surface area contributed by atoms with Crippen molar-refractivity contribution >= 4 is 11.8 Å². The standard InChI is InChI=1S/C22H28N4O2/c1-17-19(7-12-23-17)21(28)26-13-4-9-22(16-26)10-6-20(27)25(15-22)14-8-18-5-2-3-11-24-18/h2-3,5,7,11-12,23H,4,6,8-10,13-16H2,1H3. The predicted octanol–water partition coefficient (Wildman–Crippen LogP) is 2.81. The van der Waals surface area contributed by atoms with Gasteiger partial charge in [0.25, 0.3) is 5.91 Å². The molecule has 2 aliphatic heterocycles. The van der Waals surface area contributed by atoms with Crippen molar-refractivity contribution in [2.24, 2.45) is 5.41 Å².